The molecule has 0 aliphatic carbocycles. The molecular formula is C19H17NO2. The van der Waals surface area contributed by atoms with E-state index in [4.69, 9.17) is 0 Å². The predicted octanol–water partition coefficient (Wildman–Crippen LogP) is 3.16. The molecule has 0 saturated heterocycles. The van der Waals surface area contributed by atoms with Gasteiger partial charge in [-0.3, -0.25) is 14.5 Å². The molecule has 1 aliphatic rings. The minimum Gasteiger partial charge on any atom is -0.281 e. The number of amides is 2. The molecule has 3 rings (SSSR count). The Bertz CT molecular complexity index is 775. The third-order valence-corrected chi connectivity index (χ3v) is 4.09. The molecule has 0 radical (unpaired) electrons. The van der Waals surface area contributed by atoms with Gasteiger partial charge in [0.15, 0.2) is 0 Å². The molecule has 2 aromatic carbocycles. The van der Waals surface area contributed by atoms with Crippen LogP contribution in [-0.2, 0) is 16.0 Å². The monoisotopic (exact) mass is 291 g/mol. The first-order valence-corrected chi connectivity index (χ1v) is 7.25. The minimum atomic E-state index is -0.247. The number of nitrogens with zero attached hydrogens (tertiary/aromatic N) is 1. The number of allylic oxidation sites excluding steroid dienone is 1. The molecule has 0 atom stereocenters. The Labute approximate surface area is 129 Å². The topological polar surface area (TPSA) is 37.4 Å². The highest BCUT2D eigenvalue weighted by Crippen LogP contribution is 2.31. The number of benzene rings is 2. The third kappa shape index (κ3) is 2.35. The first-order valence-electron chi connectivity index (χ1n) is 7.25. The van der Waals surface area contributed by atoms with Crippen LogP contribution in [0.15, 0.2) is 54.6 Å². The number of hydrogen-bond donors (Lipinski definition) is 0. The van der Waals surface area contributed by atoms with Crippen molar-refractivity contribution in [3.63, 3.8) is 0 Å². The van der Waals surface area contributed by atoms with Crippen LogP contribution < -0.4 is 0 Å². The van der Waals surface area contributed by atoms with Gasteiger partial charge < -0.3 is 0 Å². The number of hydrogen-bond acceptors (Lipinski definition) is 2. The summed E-state index contributed by atoms with van der Waals surface area (Å²) in [7, 11) is 1.55. The number of fused-ring (bicyclic) bond motifs is 1. The Kier molecular flexibility index (Phi) is 3.63. The smallest absolute Gasteiger partial charge is 0.261 e. The van der Waals surface area contributed by atoms with Crippen molar-refractivity contribution < 1.29 is 9.59 Å². The second-order valence-corrected chi connectivity index (χ2v) is 5.46. The van der Waals surface area contributed by atoms with Gasteiger partial charge in [0, 0.05) is 7.05 Å². The molecular weight excluding hydrogens is 274 g/mol. The second-order valence-electron chi connectivity index (χ2n) is 5.46. The summed E-state index contributed by atoms with van der Waals surface area (Å²) in [5, 5.41) is 0. The van der Waals surface area contributed by atoms with Crippen LogP contribution in [0.25, 0.3) is 11.1 Å². The zero-order chi connectivity index (χ0) is 15.7. The number of rotatable bonds is 1. The molecule has 0 unspecified atom stereocenters. The second kappa shape index (κ2) is 5.60. The van der Waals surface area contributed by atoms with Crippen molar-refractivity contribution in [2.45, 2.75) is 13.3 Å². The van der Waals surface area contributed by atoms with E-state index < -0.39 is 0 Å². The molecule has 0 aromatic heterocycles. The SMILES string of the molecule is C/C1=C(\c2ccccc2)C(=O)N(C)C(=O)Cc2ccccc21. The lowest BCUT2D eigenvalue weighted by Gasteiger charge is -2.24. The maximum absolute atomic E-state index is 12.8. The van der Waals surface area contributed by atoms with Gasteiger partial charge in [0.2, 0.25) is 5.91 Å². The van der Waals surface area contributed by atoms with Crippen molar-refractivity contribution in [1.29, 1.82) is 0 Å². The fourth-order valence-electron chi connectivity index (χ4n) is 2.84. The third-order valence-electron chi connectivity index (χ3n) is 4.09. The lowest BCUT2D eigenvalue weighted by molar-refractivity contribution is -0.139. The highest BCUT2D eigenvalue weighted by Gasteiger charge is 2.27. The van der Waals surface area contributed by atoms with Crippen LogP contribution in [0.2, 0.25) is 0 Å². The number of likely N-dealkylation sites (N-methyl/N-ethyl adjacent to an activating group) is 1. The van der Waals surface area contributed by atoms with E-state index in [1.165, 1.54) is 4.90 Å². The van der Waals surface area contributed by atoms with Gasteiger partial charge in [-0.25, -0.2) is 0 Å². The molecule has 2 amide bonds. The molecule has 3 nitrogen and oxygen atoms in total. The van der Waals surface area contributed by atoms with E-state index in [-0.39, 0.29) is 18.2 Å². The van der Waals surface area contributed by atoms with Crippen LogP contribution in [-0.4, -0.2) is 23.8 Å². The fraction of sp³-hybridized carbons (Fsp3) is 0.158. The van der Waals surface area contributed by atoms with Crippen molar-refractivity contribution in [3.05, 3.63) is 71.3 Å². The average Bonchev–Trinajstić information content (AvgIpc) is 2.55. The molecule has 3 heteroatoms. The highest BCUT2D eigenvalue weighted by molar-refractivity contribution is 6.30. The summed E-state index contributed by atoms with van der Waals surface area (Å²) in [6.45, 7) is 1.95. The number of carbonyl (C=O) groups excluding carboxylic acids is 2. The molecule has 110 valence electrons. The van der Waals surface area contributed by atoms with Crippen molar-refractivity contribution in [2.75, 3.05) is 7.05 Å². The highest BCUT2D eigenvalue weighted by atomic mass is 16.2. The lowest BCUT2D eigenvalue weighted by atomic mass is 9.89. The standard InChI is InChI=1S/C19H17NO2/c1-13-16-11-7-6-10-15(16)12-17(21)20(2)19(22)18(13)14-8-4-3-5-9-14/h3-11H,12H2,1-2H3/b18-13-. The molecule has 0 spiro atoms. The summed E-state index contributed by atoms with van der Waals surface area (Å²) in [6, 6.07) is 17.3. The van der Waals surface area contributed by atoms with E-state index in [0.29, 0.717) is 5.57 Å². The molecule has 0 bridgehead atoms. The van der Waals surface area contributed by atoms with Crippen LogP contribution >= 0.6 is 0 Å². The van der Waals surface area contributed by atoms with Crippen LogP contribution in [0.5, 0.6) is 0 Å². The maximum atomic E-state index is 12.8. The van der Waals surface area contributed by atoms with Crippen molar-refractivity contribution in [1.82, 2.24) is 4.90 Å². The lowest BCUT2D eigenvalue weighted by Crippen LogP contribution is -2.36. The van der Waals surface area contributed by atoms with Gasteiger partial charge >= 0.3 is 0 Å². The molecule has 2 aromatic rings. The minimum absolute atomic E-state index is 0.182. The Balaban J connectivity index is 2.30. The molecule has 0 fully saturated rings. The van der Waals surface area contributed by atoms with E-state index in [9.17, 15) is 9.59 Å². The van der Waals surface area contributed by atoms with Crippen molar-refractivity contribution in [3.8, 4) is 0 Å². The summed E-state index contributed by atoms with van der Waals surface area (Å²) in [5.41, 5.74) is 4.25. The largest absolute Gasteiger partial charge is 0.281 e. The van der Waals surface area contributed by atoms with E-state index >= 15 is 0 Å². The Morgan fingerprint density at radius 1 is 0.909 bits per heavy atom. The van der Waals surface area contributed by atoms with E-state index in [2.05, 4.69) is 0 Å². The summed E-state index contributed by atoms with van der Waals surface area (Å²) in [5.74, 6) is -0.429. The van der Waals surface area contributed by atoms with Gasteiger partial charge in [0.05, 0.1) is 12.0 Å². The predicted molar refractivity (Wildman–Crippen MR) is 86.9 cm³/mol. The fourth-order valence-corrected chi connectivity index (χ4v) is 2.84. The first-order chi connectivity index (χ1) is 10.6. The van der Waals surface area contributed by atoms with Gasteiger partial charge in [-0.2, -0.15) is 0 Å². The van der Waals surface area contributed by atoms with Gasteiger partial charge in [0.25, 0.3) is 5.91 Å². The maximum Gasteiger partial charge on any atom is 0.261 e. The summed E-state index contributed by atoms with van der Waals surface area (Å²) in [6.07, 6.45) is 0.248. The molecule has 1 aliphatic heterocycles. The van der Waals surface area contributed by atoms with Crippen LogP contribution in [0.4, 0.5) is 0 Å². The van der Waals surface area contributed by atoms with Crippen LogP contribution in [0, 0.1) is 0 Å². The van der Waals surface area contributed by atoms with Crippen molar-refractivity contribution >= 4 is 23.0 Å². The van der Waals surface area contributed by atoms with Crippen LogP contribution in [0.3, 0.4) is 0 Å². The number of carbonyl (C=O) groups is 2. The van der Waals surface area contributed by atoms with Crippen LogP contribution in [0.1, 0.15) is 23.6 Å². The first kappa shape index (κ1) is 14.3. The normalized spacial score (nSPS) is 18.7. The van der Waals surface area contributed by atoms with Gasteiger partial charge in [-0.15, -0.1) is 0 Å². The summed E-state index contributed by atoms with van der Waals surface area (Å²) in [4.78, 5) is 26.3. The zero-order valence-corrected chi connectivity index (χ0v) is 12.7. The summed E-state index contributed by atoms with van der Waals surface area (Å²) >= 11 is 0. The van der Waals surface area contributed by atoms with Gasteiger partial charge in [0.1, 0.15) is 0 Å². The van der Waals surface area contributed by atoms with E-state index in [0.717, 1.165) is 22.3 Å². The van der Waals surface area contributed by atoms with E-state index in [1.54, 1.807) is 7.05 Å². The average molecular weight is 291 g/mol. The Morgan fingerprint density at radius 2 is 1.55 bits per heavy atom. The molecule has 22 heavy (non-hydrogen) atoms. The van der Waals surface area contributed by atoms with Gasteiger partial charge in [-0.1, -0.05) is 54.6 Å². The summed E-state index contributed by atoms with van der Waals surface area (Å²) < 4.78 is 0. The Hall–Kier alpha value is -2.68. The molecule has 0 N–H and O–H groups in total. The zero-order valence-electron chi connectivity index (χ0n) is 12.7. The van der Waals surface area contributed by atoms with Gasteiger partial charge in [-0.05, 0) is 29.2 Å². The quantitative estimate of drug-likeness (QED) is 0.757. The molecule has 0 saturated carbocycles. The Morgan fingerprint density at radius 3 is 2.27 bits per heavy atom. The van der Waals surface area contributed by atoms with E-state index in [1.807, 2.05) is 61.5 Å². The van der Waals surface area contributed by atoms with Crippen molar-refractivity contribution in [2.24, 2.45) is 0 Å². The number of imide groups is 1. The molecule has 1 heterocycles.